The maximum Gasteiger partial charge on any atom is 0.330 e. The van der Waals surface area contributed by atoms with E-state index in [1.165, 1.54) is 28.4 Å². The largest absolute Gasteiger partial charge is 0.479 e. The molecule has 2 N–H and O–H groups in total. The third-order valence-electron chi connectivity index (χ3n) is 10.0. The van der Waals surface area contributed by atoms with E-state index in [2.05, 4.69) is 10.3 Å². The van der Waals surface area contributed by atoms with Gasteiger partial charge in [-0.2, -0.15) is 0 Å². The Kier molecular flexibility index (Phi) is 9.67. The van der Waals surface area contributed by atoms with E-state index >= 15 is 0 Å². The number of benzene rings is 1. The number of fused-ring (bicyclic) bond motifs is 4. The summed E-state index contributed by atoms with van der Waals surface area (Å²) >= 11 is 1.18. The minimum Gasteiger partial charge on any atom is -0.479 e. The lowest BCUT2D eigenvalue weighted by Crippen LogP contribution is -2.56. The van der Waals surface area contributed by atoms with Gasteiger partial charge < -0.3 is 25.0 Å². The van der Waals surface area contributed by atoms with Gasteiger partial charge in [-0.1, -0.05) is 25.0 Å². The molecule has 6 atom stereocenters. The highest BCUT2D eigenvalue weighted by atomic mass is 32.1. The number of carboxylic acids is 1. The summed E-state index contributed by atoms with van der Waals surface area (Å²) in [5.74, 6) is -4.93. The smallest absolute Gasteiger partial charge is 0.330 e. The average molecular weight is 695 g/mol. The Bertz CT molecular complexity index is 1650. The zero-order chi connectivity index (χ0) is 35.1. The minimum absolute atomic E-state index is 0.123. The summed E-state index contributed by atoms with van der Waals surface area (Å²) in [6, 6.07) is 4.83. The number of hydrogen-bond donors (Lipinski definition) is 2. The van der Waals surface area contributed by atoms with E-state index in [1.807, 2.05) is 12.2 Å². The maximum absolute atomic E-state index is 14.3. The van der Waals surface area contributed by atoms with Crippen molar-refractivity contribution in [3.63, 3.8) is 0 Å². The van der Waals surface area contributed by atoms with Crippen LogP contribution in [0.25, 0.3) is 11.3 Å². The van der Waals surface area contributed by atoms with Gasteiger partial charge in [0.2, 0.25) is 11.8 Å². The van der Waals surface area contributed by atoms with Gasteiger partial charge in [-0.05, 0) is 70.7 Å². The van der Waals surface area contributed by atoms with Crippen molar-refractivity contribution in [2.75, 3.05) is 19.6 Å². The molecule has 262 valence electrons. The first-order chi connectivity index (χ1) is 23.3. The highest BCUT2D eigenvalue weighted by Gasteiger charge is 2.62. The molecule has 3 aliphatic heterocycles. The number of esters is 1. The number of carboxylic acid groups (broad SMARTS) is 1. The van der Waals surface area contributed by atoms with E-state index in [0.717, 1.165) is 19.3 Å². The average Bonchev–Trinajstić information content (AvgIpc) is 3.37. The van der Waals surface area contributed by atoms with Gasteiger partial charge in [-0.25, -0.2) is 14.2 Å². The number of carbonyl (C=O) groups excluding carboxylic acids is 4. The van der Waals surface area contributed by atoms with Crippen molar-refractivity contribution in [2.24, 2.45) is 23.7 Å². The van der Waals surface area contributed by atoms with E-state index in [4.69, 9.17) is 4.74 Å². The van der Waals surface area contributed by atoms with Gasteiger partial charge in [0.15, 0.2) is 5.01 Å². The van der Waals surface area contributed by atoms with Gasteiger partial charge in [-0.15, -0.1) is 11.3 Å². The first-order valence-electron chi connectivity index (χ1n) is 17.0. The predicted molar refractivity (Wildman–Crippen MR) is 179 cm³/mol. The molecule has 1 aromatic carbocycles. The predicted octanol–water partition coefficient (Wildman–Crippen LogP) is 4.68. The SMILES string of the molecule is CC(C)(C)OC(=O)C[C@@H]1CCCCC/C=C\[C@@H]2C[C@@]2(C(=O)O)NC(=O)[C@@H]2[C@H]3CN(C(=O)c4nc(-c5ccc(F)cc5)cs4)C[C@H]3CN2C1=O. The Morgan fingerprint density at radius 2 is 1.86 bits per heavy atom. The number of thiazole rings is 1. The molecule has 49 heavy (non-hydrogen) atoms. The first-order valence-corrected chi connectivity index (χ1v) is 17.9. The van der Waals surface area contributed by atoms with E-state index < -0.39 is 46.9 Å². The van der Waals surface area contributed by atoms with E-state index in [-0.39, 0.29) is 67.0 Å². The second-order valence-electron chi connectivity index (χ2n) is 14.7. The zero-order valence-corrected chi connectivity index (χ0v) is 28.8. The van der Waals surface area contributed by atoms with E-state index in [0.29, 0.717) is 24.1 Å². The molecule has 2 aromatic rings. The maximum atomic E-state index is 14.3. The summed E-state index contributed by atoms with van der Waals surface area (Å²) in [7, 11) is 0. The monoisotopic (exact) mass is 694 g/mol. The number of allylic oxidation sites excluding steroid dienone is 1. The van der Waals surface area contributed by atoms with Crippen LogP contribution in [0.1, 0.15) is 75.5 Å². The first kappa shape index (κ1) is 34.7. The van der Waals surface area contributed by atoms with Crippen LogP contribution in [0.15, 0.2) is 41.8 Å². The lowest BCUT2D eigenvalue weighted by molar-refractivity contribution is -0.159. The van der Waals surface area contributed by atoms with Crippen LogP contribution >= 0.6 is 11.3 Å². The standard InChI is InChI=1S/C36H43FN4O7S/c1-35(2,3)48-28(42)15-22-9-7-5-4-6-8-10-24-16-36(24,34(46)47)39-30(43)29-26-19-40(17-23(26)18-41(29)32(22)44)33(45)31-38-27(20-49-31)21-11-13-25(37)14-12-21/h8,10-14,20,22-24,26,29H,4-7,9,15-19H2,1-3H3,(H,39,43)(H,46,47)/b10-8-/t22-,23-,24+,26-,29-,36+/m0/s1. The Morgan fingerprint density at radius 3 is 2.57 bits per heavy atom. The number of nitrogens with one attached hydrogen (secondary N) is 1. The van der Waals surface area contributed by atoms with E-state index in [1.54, 1.807) is 43.2 Å². The molecule has 3 fully saturated rings. The van der Waals surface area contributed by atoms with Gasteiger partial charge in [0, 0.05) is 54.2 Å². The van der Waals surface area contributed by atoms with Crippen LogP contribution in [0.3, 0.4) is 0 Å². The molecular weight excluding hydrogens is 651 g/mol. The van der Waals surface area contributed by atoms with Crippen molar-refractivity contribution < 1.29 is 38.2 Å². The van der Waals surface area contributed by atoms with Crippen LogP contribution in [0.5, 0.6) is 0 Å². The Balaban J connectivity index is 1.26. The molecule has 6 rings (SSSR count). The summed E-state index contributed by atoms with van der Waals surface area (Å²) in [5.41, 5.74) is -0.952. The Hall–Kier alpha value is -4.13. The number of aromatic nitrogens is 1. The fourth-order valence-corrected chi connectivity index (χ4v) is 8.31. The lowest BCUT2D eigenvalue weighted by Gasteiger charge is -2.32. The molecule has 1 aliphatic carbocycles. The van der Waals surface area contributed by atoms with Crippen molar-refractivity contribution in [2.45, 2.75) is 82.9 Å². The summed E-state index contributed by atoms with van der Waals surface area (Å²) in [5, 5.41) is 15.0. The normalized spacial score (nSPS) is 29.5. The lowest BCUT2D eigenvalue weighted by atomic mass is 9.92. The molecule has 4 aliphatic rings. The molecule has 0 radical (unpaired) electrons. The van der Waals surface area contributed by atoms with Crippen molar-refractivity contribution >= 4 is 41.0 Å². The molecule has 2 saturated heterocycles. The molecule has 4 heterocycles. The number of nitrogens with zero attached hydrogens (tertiary/aromatic N) is 3. The zero-order valence-electron chi connectivity index (χ0n) is 28.0. The van der Waals surface area contributed by atoms with Crippen LogP contribution in [-0.4, -0.2) is 86.4 Å². The molecule has 0 bridgehead atoms. The summed E-state index contributed by atoms with van der Waals surface area (Å²) < 4.78 is 19.0. The Labute approximate surface area is 288 Å². The van der Waals surface area contributed by atoms with Crippen LogP contribution in [0.2, 0.25) is 0 Å². The molecule has 11 nitrogen and oxygen atoms in total. The number of aliphatic carboxylic acids is 1. The number of rotatable bonds is 5. The van der Waals surface area contributed by atoms with Crippen LogP contribution < -0.4 is 5.32 Å². The third-order valence-corrected chi connectivity index (χ3v) is 10.9. The third kappa shape index (κ3) is 7.41. The second kappa shape index (κ2) is 13.6. The molecule has 0 unspecified atom stereocenters. The molecular formula is C36H43FN4O7S. The van der Waals surface area contributed by atoms with Crippen molar-refractivity contribution in [1.29, 1.82) is 0 Å². The van der Waals surface area contributed by atoms with Crippen molar-refractivity contribution in [1.82, 2.24) is 20.1 Å². The summed E-state index contributed by atoms with van der Waals surface area (Å²) in [4.78, 5) is 75.3. The van der Waals surface area contributed by atoms with Gasteiger partial charge in [-0.3, -0.25) is 19.2 Å². The van der Waals surface area contributed by atoms with Crippen molar-refractivity contribution in [3.8, 4) is 11.3 Å². The van der Waals surface area contributed by atoms with Crippen LogP contribution in [-0.2, 0) is 23.9 Å². The van der Waals surface area contributed by atoms with Gasteiger partial charge in [0.05, 0.1) is 12.1 Å². The summed E-state index contributed by atoms with van der Waals surface area (Å²) in [6.45, 7) is 5.96. The molecule has 0 spiro atoms. The van der Waals surface area contributed by atoms with Crippen LogP contribution in [0.4, 0.5) is 4.39 Å². The highest BCUT2D eigenvalue weighted by molar-refractivity contribution is 7.12. The summed E-state index contributed by atoms with van der Waals surface area (Å²) in [6.07, 6.45) is 7.56. The topological polar surface area (TPSA) is 146 Å². The molecule has 1 saturated carbocycles. The molecule has 3 amide bonds. The van der Waals surface area contributed by atoms with Gasteiger partial charge in [0.25, 0.3) is 5.91 Å². The molecule has 1 aromatic heterocycles. The fraction of sp³-hybridized carbons (Fsp3) is 0.556. The second-order valence-corrected chi connectivity index (χ2v) is 15.6. The van der Waals surface area contributed by atoms with Crippen molar-refractivity contribution in [3.05, 3.63) is 52.6 Å². The fourth-order valence-electron chi connectivity index (χ4n) is 7.51. The number of amides is 3. The van der Waals surface area contributed by atoms with Crippen LogP contribution in [0, 0.1) is 29.5 Å². The van der Waals surface area contributed by atoms with Gasteiger partial charge >= 0.3 is 11.9 Å². The number of likely N-dealkylation sites (tertiary alicyclic amines) is 1. The number of carbonyl (C=O) groups is 5. The number of hydrogen-bond acceptors (Lipinski definition) is 8. The van der Waals surface area contributed by atoms with Gasteiger partial charge in [0.1, 0.15) is 23.0 Å². The number of ether oxygens (including phenoxy) is 1. The quantitative estimate of drug-likeness (QED) is 0.339. The highest BCUT2D eigenvalue weighted by Crippen LogP contribution is 2.46. The molecule has 13 heteroatoms. The van der Waals surface area contributed by atoms with E-state index in [9.17, 15) is 33.5 Å². The number of halogens is 1. The minimum atomic E-state index is -1.46. The Morgan fingerprint density at radius 1 is 1.10 bits per heavy atom.